The van der Waals surface area contributed by atoms with E-state index >= 15 is 0 Å². The molecule has 0 bridgehead atoms. The fraction of sp³-hybridized carbons (Fsp3) is 0.462. The third kappa shape index (κ3) is 1.91. The van der Waals surface area contributed by atoms with Gasteiger partial charge >= 0.3 is 0 Å². The van der Waals surface area contributed by atoms with Crippen molar-refractivity contribution >= 4 is 17.7 Å². The second-order valence-electron chi connectivity index (χ2n) is 4.41. The van der Waals surface area contributed by atoms with E-state index in [1.807, 2.05) is 25.1 Å². The van der Waals surface area contributed by atoms with Crippen molar-refractivity contribution in [2.24, 2.45) is 4.99 Å². The summed E-state index contributed by atoms with van der Waals surface area (Å²) in [5, 5.41) is 0.756. The summed E-state index contributed by atoms with van der Waals surface area (Å²) >= 11 is 6.00. The topological polar surface area (TPSA) is 29.4 Å². The van der Waals surface area contributed by atoms with E-state index in [1.165, 1.54) is 0 Å². The molecule has 1 aromatic rings. The predicted octanol–water partition coefficient (Wildman–Crippen LogP) is 3.75. The predicted molar refractivity (Wildman–Crippen MR) is 64.5 cm³/mol. The number of isocyanates is 1. The van der Waals surface area contributed by atoms with Crippen LogP contribution >= 0.6 is 11.6 Å². The van der Waals surface area contributed by atoms with Gasteiger partial charge in [-0.05, 0) is 37.0 Å². The molecule has 2 nitrogen and oxygen atoms in total. The molecule has 84 valence electrons. The SMILES string of the molecule is Cc1cc(C2(N=C=O)CCCC2)ccc1Cl. The highest BCUT2D eigenvalue weighted by Gasteiger charge is 2.35. The molecular weight excluding hydrogens is 222 g/mol. The number of hydrogen-bond donors (Lipinski definition) is 0. The van der Waals surface area contributed by atoms with Crippen LogP contribution in [0.5, 0.6) is 0 Å². The van der Waals surface area contributed by atoms with E-state index in [4.69, 9.17) is 11.6 Å². The number of benzene rings is 1. The summed E-state index contributed by atoms with van der Waals surface area (Å²) in [6.07, 6.45) is 5.83. The normalized spacial score (nSPS) is 18.1. The standard InChI is InChI=1S/C13H14ClNO/c1-10-8-11(4-5-12(10)14)13(15-9-16)6-2-3-7-13/h4-5,8H,2-3,6-7H2,1H3. The Hall–Kier alpha value is -1.11. The Morgan fingerprint density at radius 1 is 1.38 bits per heavy atom. The Morgan fingerprint density at radius 3 is 2.62 bits per heavy atom. The second-order valence-corrected chi connectivity index (χ2v) is 4.81. The maximum Gasteiger partial charge on any atom is 0.235 e. The first-order valence-corrected chi connectivity index (χ1v) is 5.91. The minimum atomic E-state index is -0.336. The molecule has 3 heteroatoms. The fourth-order valence-electron chi connectivity index (χ4n) is 2.45. The first-order valence-electron chi connectivity index (χ1n) is 5.54. The molecule has 0 amide bonds. The summed E-state index contributed by atoms with van der Waals surface area (Å²) in [4.78, 5) is 14.6. The van der Waals surface area contributed by atoms with Crippen molar-refractivity contribution < 1.29 is 4.79 Å². The van der Waals surface area contributed by atoms with Gasteiger partial charge in [0, 0.05) is 5.02 Å². The largest absolute Gasteiger partial charge is 0.235 e. The van der Waals surface area contributed by atoms with Crippen molar-refractivity contribution in [3.63, 3.8) is 0 Å². The minimum absolute atomic E-state index is 0.336. The van der Waals surface area contributed by atoms with Gasteiger partial charge in [-0.3, -0.25) is 0 Å². The van der Waals surface area contributed by atoms with E-state index in [1.54, 1.807) is 6.08 Å². The van der Waals surface area contributed by atoms with Crippen LogP contribution < -0.4 is 0 Å². The molecule has 0 spiro atoms. The molecule has 0 heterocycles. The lowest BCUT2D eigenvalue weighted by atomic mass is 9.88. The summed E-state index contributed by atoms with van der Waals surface area (Å²) in [7, 11) is 0. The highest BCUT2D eigenvalue weighted by Crippen LogP contribution is 2.42. The highest BCUT2D eigenvalue weighted by molar-refractivity contribution is 6.31. The van der Waals surface area contributed by atoms with Crippen LogP contribution in [-0.4, -0.2) is 6.08 Å². The Labute approximate surface area is 100 Å². The third-order valence-electron chi connectivity index (χ3n) is 3.39. The van der Waals surface area contributed by atoms with Gasteiger partial charge in [0.2, 0.25) is 6.08 Å². The Balaban J connectivity index is 2.47. The van der Waals surface area contributed by atoms with E-state index < -0.39 is 0 Å². The number of aryl methyl sites for hydroxylation is 1. The summed E-state index contributed by atoms with van der Waals surface area (Å²) in [6.45, 7) is 1.97. The summed E-state index contributed by atoms with van der Waals surface area (Å²) < 4.78 is 0. The summed E-state index contributed by atoms with van der Waals surface area (Å²) in [6, 6.07) is 5.89. The van der Waals surface area contributed by atoms with Crippen LogP contribution in [0.25, 0.3) is 0 Å². The Morgan fingerprint density at radius 2 is 2.06 bits per heavy atom. The minimum Gasteiger partial charge on any atom is -0.211 e. The fourth-order valence-corrected chi connectivity index (χ4v) is 2.56. The molecule has 16 heavy (non-hydrogen) atoms. The first-order chi connectivity index (χ1) is 7.68. The van der Waals surface area contributed by atoms with Gasteiger partial charge in [-0.2, -0.15) is 4.99 Å². The smallest absolute Gasteiger partial charge is 0.211 e. The lowest BCUT2D eigenvalue weighted by molar-refractivity contribution is 0.455. The van der Waals surface area contributed by atoms with Crippen LogP contribution in [0, 0.1) is 6.92 Å². The number of halogens is 1. The lowest BCUT2D eigenvalue weighted by Gasteiger charge is -2.23. The van der Waals surface area contributed by atoms with Crippen molar-refractivity contribution in [3.8, 4) is 0 Å². The summed E-state index contributed by atoms with van der Waals surface area (Å²) in [5.41, 5.74) is 1.79. The van der Waals surface area contributed by atoms with Crippen LogP contribution in [0.4, 0.5) is 0 Å². The number of aliphatic imine (C=N–C) groups is 1. The zero-order valence-electron chi connectivity index (χ0n) is 9.29. The monoisotopic (exact) mass is 235 g/mol. The molecule has 1 aromatic carbocycles. The molecule has 0 N–H and O–H groups in total. The molecule has 0 radical (unpaired) electrons. The molecular formula is C13H14ClNO. The van der Waals surface area contributed by atoms with Crippen LogP contribution in [0.15, 0.2) is 23.2 Å². The Bertz CT molecular complexity index is 443. The number of carbonyl (C=O) groups excluding carboxylic acids is 1. The van der Waals surface area contributed by atoms with Gasteiger partial charge in [0.15, 0.2) is 0 Å². The quantitative estimate of drug-likeness (QED) is 0.567. The van der Waals surface area contributed by atoms with E-state index in [0.717, 1.165) is 41.8 Å². The van der Waals surface area contributed by atoms with Crippen LogP contribution in [-0.2, 0) is 10.3 Å². The molecule has 1 aliphatic rings. The molecule has 0 atom stereocenters. The molecule has 2 rings (SSSR count). The molecule has 0 saturated heterocycles. The Kier molecular flexibility index (Phi) is 3.13. The lowest BCUT2D eigenvalue weighted by Crippen LogP contribution is -2.18. The second kappa shape index (κ2) is 4.40. The zero-order valence-corrected chi connectivity index (χ0v) is 10.0. The maximum atomic E-state index is 10.6. The van der Waals surface area contributed by atoms with Crippen molar-refractivity contribution in [1.82, 2.24) is 0 Å². The molecule has 1 fully saturated rings. The number of rotatable bonds is 2. The average molecular weight is 236 g/mol. The number of nitrogens with zero attached hydrogens (tertiary/aromatic N) is 1. The van der Waals surface area contributed by atoms with Gasteiger partial charge in [-0.15, -0.1) is 0 Å². The molecule has 1 saturated carbocycles. The van der Waals surface area contributed by atoms with E-state index in [-0.39, 0.29) is 5.54 Å². The van der Waals surface area contributed by atoms with Crippen LogP contribution in [0.3, 0.4) is 0 Å². The van der Waals surface area contributed by atoms with Crippen molar-refractivity contribution in [1.29, 1.82) is 0 Å². The van der Waals surface area contributed by atoms with Crippen molar-refractivity contribution in [2.75, 3.05) is 0 Å². The van der Waals surface area contributed by atoms with Gasteiger partial charge in [0.05, 0.1) is 5.54 Å². The van der Waals surface area contributed by atoms with Crippen molar-refractivity contribution in [2.45, 2.75) is 38.1 Å². The number of hydrogen-bond acceptors (Lipinski definition) is 2. The maximum absolute atomic E-state index is 10.6. The van der Waals surface area contributed by atoms with Gasteiger partial charge in [0.1, 0.15) is 0 Å². The van der Waals surface area contributed by atoms with Gasteiger partial charge in [-0.25, -0.2) is 4.79 Å². The molecule has 0 aliphatic heterocycles. The van der Waals surface area contributed by atoms with E-state index in [0.29, 0.717) is 0 Å². The average Bonchev–Trinajstić information content (AvgIpc) is 2.72. The van der Waals surface area contributed by atoms with Crippen LogP contribution in [0.1, 0.15) is 36.8 Å². The van der Waals surface area contributed by atoms with Gasteiger partial charge in [-0.1, -0.05) is 36.6 Å². The van der Waals surface area contributed by atoms with Gasteiger partial charge in [0.25, 0.3) is 0 Å². The van der Waals surface area contributed by atoms with E-state index in [2.05, 4.69) is 4.99 Å². The van der Waals surface area contributed by atoms with E-state index in [9.17, 15) is 4.79 Å². The molecule has 1 aliphatic carbocycles. The first kappa shape index (κ1) is 11.4. The molecule has 0 unspecified atom stereocenters. The zero-order chi connectivity index (χ0) is 11.6. The third-order valence-corrected chi connectivity index (χ3v) is 3.81. The van der Waals surface area contributed by atoms with Crippen LogP contribution in [0.2, 0.25) is 5.02 Å². The van der Waals surface area contributed by atoms with Gasteiger partial charge < -0.3 is 0 Å². The highest BCUT2D eigenvalue weighted by atomic mass is 35.5. The summed E-state index contributed by atoms with van der Waals surface area (Å²) in [5.74, 6) is 0. The van der Waals surface area contributed by atoms with Crippen molar-refractivity contribution in [3.05, 3.63) is 34.3 Å². The molecule has 0 aromatic heterocycles.